The van der Waals surface area contributed by atoms with Crippen LogP contribution in [0.2, 0.25) is 0 Å². The highest BCUT2D eigenvalue weighted by atomic mass is 19.4. The van der Waals surface area contributed by atoms with Gasteiger partial charge in [-0.2, -0.15) is 26.3 Å². The second kappa shape index (κ2) is 16.4. The molecule has 0 saturated carbocycles. The number of hydrogen-bond donors (Lipinski definition) is 0. The quantitative estimate of drug-likeness (QED) is 0.0746. The van der Waals surface area contributed by atoms with Gasteiger partial charge < -0.3 is 23.8 Å². The van der Waals surface area contributed by atoms with Crippen LogP contribution in [-0.4, -0.2) is 79.3 Å². The molecule has 0 heterocycles. The highest BCUT2D eigenvalue weighted by Gasteiger charge is 2.49. The first kappa shape index (κ1) is 38.2. The van der Waals surface area contributed by atoms with Crippen molar-refractivity contribution < 1.29 is 40.4 Å². The largest absolute Gasteiger partial charge is 0.434 e. The summed E-state index contributed by atoms with van der Waals surface area (Å²) in [6.45, 7) is 1.63. The van der Waals surface area contributed by atoms with Crippen molar-refractivity contribution >= 4 is 15.0 Å². The Hall–Kier alpha value is -3.61. The molecule has 0 aliphatic heterocycles. The Balaban J connectivity index is 2.01. The lowest BCUT2D eigenvalue weighted by molar-refractivity contribution is -0.138. The van der Waals surface area contributed by atoms with E-state index in [0.29, 0.717) is 35.3 Å². The molecule has 260 valence electrons. The molecule has 0 spiro atoms. The van der Waals surface area contributed by atoms with Crippen LogP contribution in [0.1, 0.15) is 33.4 Å². The second-order valence-electron chi connectivity index (χ2n) is 12.4. The molecule has 0 aliphatic rings. The Morgan fingerprint density at radius 3 is 1.02 bits per heavy atom. The predicted octanol–water partition coefficient (Wildman–Crippen LogP) is 6.70. The van der Waals surface area contributed by atoms with E-state index in [9.17, 15) is 26.3 Å². The summed E-state index contributed by atoms with van der Waals surface area (Å²) in [6.07, 6.45) is -9.16. The minimum absolute atomic E-state index is 0.136. The summed E-state index contributed by atoms with van der Waals surface area (Å²) < 4.78 is 103. The van der Waals surface area contributed by atoms with E-state index in [2.05, 4.69) is 0 Å². The van der Waals surface area contributed by atoms with Crippen LogP contribution in [0.5, 0.6) is 0 Å². The van der Waals surface area contributed by atoms with Crippen molar-refractivity contribution in [2.75, 3.05) is 54.5 Å². The SMILES string of the molecule is CN(C)CCOBC(OC(BOCCN(C)C)(c1ccccc1)c1ccc(C(F)(F)F)cc1)(c1ccccc1)c1ccc(C(F)(F)F)cc1. The van der Waals surface area contributed by atoms with Gasteiger partial charge in [0.05, 0.1) is 11.1 Å². The van der Waals surface area contributed by atoms with Gasteiger partial charge in [0, 0.05) is 26.3 Å². The number of nitrogens with zero attached hydrogens (tertiary/aromatic N) is 2. The normalized spacial score (nSPS) is 14.8. The van der Waals surface area contributed by atoms with Gasteiger partial charge in [-0.25, -0.2) is 0 Å². The average molecular weight is 684 g/mol. The van der Waals surface area contributed by atoms with Crippen molar-refractivity contribution in [1.82, 2.24) is 9.80 Å². The van der Waals surface area contributed by atoms with Gasteiger partial charge in [-0.1, -0.05) is 84.9 Å². The van der Waals surface area contributed by atoms with Crippen LogP contribution in [0, 0.1) is 0 Å². The molecule has 0 aliphatic carbocycles. The van der Waals surface area contributed by atoms with Crippen LogP contribution in [0.3, 0.4) is 0 Å². The summed E-state index contributed by atoms with van der Waals surface area (Å²) in [5, 5.41) is 0. The third-order valence-electron chi connectivity index (χ3n) is 8.16. The molecule has 0 aromatic heterocycles. The first-order valence-electron chi connectivity index (χ1n) is 15.8. The van der Waals surface area contributed by atoms with Gasteiger partial charge >= 0.3 is 27.3 Å². The fraction of sp³-hybridized carbons (Fsp3) is 0.333. The maximum Gasteiger partial charge on any atom is 0.416 e. The molecule has 4 rings (SSSR count). The molecule has 4 aromatic carbocycles. The molecule has 49 heavy (non-hydrogen) atoms. The van der Waals surface area contributed by atoms with Crippen molar-refractivity contribution in [3.8, 4) is 0 Å². The molecular weight excluding hydrogens is 644 g/mol. The number of ether oxygens (including phenoxy) is 1. The number of hydrogen-bond acceptors (Lipinski definition) is 5. The molecule has 0 fully saturated rings. The molecule has 4 aromatic rings. The summed E-state index contributed by atoms with van der Waals surface area (Å²) >= 11 is 0. The summed E-state index contributed by atoms with van der Waals surface area (Å²) in [4.78, 5) is 3.86. The van der Waals surface area contributed by atoms with E-state index in [1.165, 1.54) is 24.3 Å². The zero-order valence-electron chi connectivity index (χ0n) is 28.0. The second-order valence-corrected chi connectivity index (χ2v) is 12.4. The lowest BCUT2D eigenvalue weighted by Crippen LogP contribution is -2.51. The van der Waals surface area contributed by atoms with Gasteiger partial charge in [0.2, 0.25) is 0 Å². The van der Waals surface area contributed by atoms with Gasteiger partial charge in [0.25, 0.3) is 0 Å². The standard InChI is InChI=1S/C36H40B2F6N2O3/c1-45(2)23-25-47-37-33(27-11-7-5-8-12-27,29-15-19-31(20-16-29)35(39,40)41)49-34(28-13-9-6-10-14-28,38-48-26-24-46(3)4)30-17-21-32(22-18-30)36(42,43)44/h5-22,37-38H,23-26H2,1-4H3. The van der Waals surface area contributed by atoms with E-state index in [1.54, 1.807) is 60.7 Å². The highest BCUT2D eigenvalue weighted by molar-refractivity contribution is 6.36. The van der Waals surface area contributed by atoms with Gasteiger partial charge in [-0.3, -0.25) is 0 Å². The maximum atomic E-state index is 13.8. The van der Waals surface area contributed by atoms with Crippen LogP contribution in [0.25, 0.3) is 0 Å². The van der Waals surface area contributed by atoms with E-state index in [-0.39, 0.29) is 28.2 Å². The van der Waals surface area contributed by atoms with E-state index >= 15 is 0 Å². The number of rotatable bonds is 16. The van der Waals surface area contributed by atoms with Gasteiger partial charge in [0.15, 0.2) is 0 Å². The molecular formula is C36H40B2F6N2O3. The third kappa shape index (κ3) is 9.76. The zero-order chi connectivity index (χ0) is 35.7. The lowest BCUT2D eigenvalue weighted by atomic mass is 9.60. The van der Waals surface area contributed by atoms with Crippen molar-refractivity contribution in [3.05, 3.63) is 143 Å². The Kier molecular flexibility index (Phi) is 12.8. The average Bonchev–Trinajstić information content (AvgIpc) is 3.07. The van der Waals surface area contributed by atoms with E-state index in [1.807, 2.05) is 38.0 Å². The topological polar surface area (TPSA) is 34.2 Å². The van der Waals surface area contributed by atoms with Crippen LogP contribution < -0.4 is 0 Å². The Morgan fingerprint density at radius 1 is 0.449 bits per heavy atom. The van der Waals surface area contributed by atoms with Crippen molar-refractivity contribution in [2.45, 2.75) is 23.4 Å². The first-order chi connectivity index (χ1) is 23.2. The monoisotopic (exact) mass is 684 g/mol. The van der Waals surface area contributed by atoms with Crippen molar-refractivity contribution in [1.29, 1.82) is 0 Å². The first-order valence-corrected chi connectivity index (χ1v) is 15.8. The Morgan fingerprint density at radius 2 is 0.735 bits per heavy atom. The molecule has 2 atom stereocenters. The van der Waals surface area contributed by atoms with Crippen LogP contribution in [0.4, 0.5) is 26.3 Å². The van der Waals surface area contributed by atoms with E-state index in [4.69, 9.17) is 14.0 Å². The van der Waals surface area contributed by atoms with Gasteiger partial charge in [-0.05, 0) is 74.7 Å². The third-order valence-corrected chi connectivity index (χ3v) is 8.16. The van der Waals surface area contributed by atoms with Crippen LogP contribution >= 0.6 is 0 Å². The molecule has 0 amide bonds. The molecule has 5 nitrogen and oxygen atoms in total. The van der Waals surface area contributed by atoms with Crippen molar-refractivity contribution in [2.24, 2.45) is 0 Å². The summed E-state index contributed by atoms with van der Waals surface area (Å²) in [5.74, 6) is 0. The highest BCUT2D eigenvalue weighted by Crippen LogP contribution is 2.45. The fourth-order valence-electron chi connectivity index (χ4n) is 5.46. The summed E-state index contributed by atoms with van der Waals surface area (Å²) in [5.41, 5.74) is -2.96. The van der Waals surface area contributed by atoms with Crippen molar-refractivity contribution in [3.63, 3.8) is 0 Å². The molecule has 0 N–H and O–H groups in total. The molecule has 2 unspecified atom stereocenters. The van der Waals surface area contributed by atoms with E-state index in [0.717, 1.165) is 24.3 Å². The van der Waals surface area contributed by atoms with Gasteiger partial charge in [0.1, 0.15) is 11.0 Å². The number of halogens is 6. The summed E-state index contributed by atoms with van der Waals surface area (Å²) in [7, 11) is 7.27. The molecule has 0 saturated heterocycles. The van der Waals surface area contributed by atoms with Gasteiger partial charge in [-0.15, -0.1) is 0 Å². The fourth-order valence-corrected chi connectivity index (χ4v) is 5.46. The molecule has 0 radical (unpaired) electrons. The molecule has 0 bridgehead atoms. The lowest BCUT2D eigenvalue weighted by Gasteiger charge is -2.45. The Labute approximate surface area is 285 Å². The minimum Gasteiger partial charge on any atom is -0.434 e. The zero-order valence-corrected chi connectivity index (χ0v) is 28.0. The van der Waals surface area contributed by atoms with Crippen LogP contribution in [0.15, 0.2) is 109 Å². The van der Waals surface area contributed by atoms with Crippen LogP contribution in [-0.2, 0) is 37.4 Å². The Bertz CT molecular complexity index is 1460. The minimum atomic E-state index is -4.58. The predicted molar refractivity (Wildman–Crippen MR) is 182 cm³/mol. The number of likely N-dealkylation sites (N-methyl/N-ethyl adjacent to an activating group) is 2. The number of benzene rings is 4. The number of alkyl halides is 6. The smallest absolute Gasteiger partial charge is 0.416 e. The maximum absolute atomic E-state index is 13.8. The summed E-state index contributed by atoms with van der Waals surface area (Å²) in [6, 6.07) is 27.3. The molecule has 13 heteroatoms. The van der Waals surface area contributed by atoms with E-state index < -0.39 is 34.5 Å².